The Morgan fingerprint density at radius 2 is 1.42 bits per heavy atom. The molecule has 0 radical (unpaired) electrons. The SMILES string of the molecule is O=C(O)c1ccccc1OCCOC(F)(F)C(F)(F)C(F)(F)C(F)(F)F. The van der Waals surface area contributed by atoms with E-state index in [1.165, 1.54) is 12.1 Å². The van der Waals surface area contributed by atoms with Crippen molar-refractivity contribution in [3.63, 3.8) is 0 Å². The summed E-state index contributed by atoms with van der Waals surface area (Å²) < 4.78 is 121. The molecule has 0 fully saturated rings. The van der Waals surface area contributed by atoms with Gasteiger partial charge in [0.1, 0.15) is 17.9 Å². The van der Waals surface area contributed by atoms with E-state index in [0.29, 0.717) is 0 Å². The number of hydrogen-bond donors (Lipinski definition) is 1. The van der Waals surface area contributed by atoms with E-state index in [0.717, 1.165) is 12.1 Å². The van der Waals surface area contributed by atoms with Crippen LogP contribution in [0.25, 0.3) is 0 Å². The number of halogens is 9. The highest BCUT2D eigenvalue weighted by Gasteiger charge is 2.82. The van der Waals surface area contributed by atoms with Gasteiger partial charge in [-0.05, 0) is 12.1 Å². The molecule has 1 N–H and O–H groups in total. The van der Waals surface area contributed by atoms with Crippen LogP contribution < -0.4 is 4.74 Å². The van der Waals surface area contributed by atoms with Crippen molar-refractivity contribution in [3.8, 4) is 5.75 Å². The monoisotopic (exact) mass is 400 g/mol. The number of carbonyl (C=O) groups is 1. The number of rotatable bonds is 8. The maximum Gasteiger partial charge on any atom is 0.460 e. The van der Waals surface area contributed by atoms with Crippen LogP contribution in [0, 0.1) is 0 Å². The molecule has 0 spiro atoms. The van der Waals surface area contributed by atoms with Crippen LogP contribution in [0.1, 0.15) is 10.4 Å². The fourth-order valence-electron chi connectivity index (χ4n) is 1.54. The lowest BCUT2D eigenvalue weighted by Gasteiger charge is -2.32. The van der Waals surface area contributed by atoms with Gasteiger partial charge in [-0.1, -0.05) is 12.1 Å². The first-order chi connectivity index (χ1) is 11.6. The molecule has 1 aromatic carbocycles. The lowest BCUT2D eigenvalue weighted by atomic mass is 10.1. The average Bonchev–Trinajstić information content (AvgIpc) is 2.50. The van der Waals surface area contributed by atoms with Crippen molar-refractivity contribution in [2.45, 2.75) is 24.1 Å². The molecule has 0 atom stereocenters. The first-order valence-corrected chi connectivity index (χ1v) is 6.44. The van der Waals surface area contributed by atoms with Gasteiger partial charge in [-0.2, -0.15) is 39.5 Å². The summed E-state index contributed by atoms with van der Waals surface area (Å²) in [6, 6.07) is 4.66. The summed E-state index contributed by atoms with van der Waals surface area (Å²) in [5.41, 5.74) is -0.437. The minimum Gasteiger partial charge on any atom is -0.490 e. The standard InChI is InChI=1S/C13H9F9O4/c14-10(15,12(18,19)20)11(16,17)13(21,22)26-6-5-25-8-4-2-1-3-7(8)9(23)24/h1-4H,5-6H2,(H,23,24). The highest BCUT2D eigenvalue weighted by Crippen LogP contribution is 2.53. The first kappa shape index (κ1) is 21.9. The molecule has 26 heavy (non-hydrogen) atoms. The predicted molar refractivity (Wildman–Crippen MR) is 65.7 cm³/mol. The van der Waals surface area contributed by atoms with Crippen molar-refractivity contribution in [2.75, 3.05) is 13.2 Å². The number of alkyl halides is 9. The largest absolute Gasteiger partial charge is 0.490 e. The highest BCUT2D eigenvalue weighted by atomic mass is 19.4. The zero-order chi connectivity index (χ0) is 20.4. The molecule has 13 heteroatoms. The van der Waals surface area contributed by atoms with E-state index in [4.69, 9.17) is 5.11 Å². The number of para-hydroxylation sites is 1. The van der Waals surface area contributed by atoms with Crippen LogP contribution >= 0.6 is 0 Å². The minimum atomic E-state index is -7.06. The summed E-state index contributed by atoms with van der Waals surface area (Å²) in [5, 5.41) is 8.80. The molecule has 1 aromatic rings. The topological polar surface area (TPSA) is 55.8 Å². The molecule has 0 aliphatic carbocycles. The van der Waals surface area contributed by atoms with E-state index >= 15 is 0 Å². The molecule has 0 aliphatic heterocycles. The Hall–Kier alpha value is -2.18. The molecule has 148 valence electrons. The number of carboxylic acids is 1. The molecule has 0 saturated carbocycles. The number of aromatic carboxylic acids is 1. The molecule has 0 unspecified atom stereocenters. The van der Waals surface area contributed by atoms with Gasteiger partial charge in [0, 0.05) is 0 Å². The van der Waals surface area contributed by atoms with Crippen molar-refractivity contribution in [2.24, 2.45) is 0 Å². The van der Waals surface area contributed by atoms with Gasteiger partial charge >= 0.3 is 30.1 Å². The quantitative estimate of drug-likeness (QED) is 0.525. The molecule has 0 bridgehead atoms. The van der Waals surface area contributed by atoms with Crippen LogP contribution in [0.5, 0.6) is 5.75 Å². The van der Waals surface area contributed by atoms with Gasteiger partial charge < -0.3 is 14.6 Å². The fraction of sp³-hybridized carbons (Fsp3) is 0.462. The Kier molecular flexibility index (Phi) is 6.06. The average molecular weight is 400 g/mol. The number of carboxylic acid groups (broad SMARTS) is 1. The first-order valence-electron chi connectivity index (χ1n) is 6.44. The van der Waals surface area contributed by atoms with Crippen molar-refractivity contribution in [1.82, 2.24) is 0 Å². The zero-order valence-corrected chi connectivity index (χ0v) is 12.3. The Morgan fingerprint density at radius 3 is 1.92 bits per heavy atom. The van der Waals surface area contributed by atoms with E-state index in [-0.39, 0.29) is 5.75 Å². The fourth-order valence-corrected chi connectivity index (χ4v) is 1.54. The Bertz CT molecular complexity index is 643. The third-order valence-electron chi connectivity index (χ3n) is 2.86. The zero-order valence-electron chi connectivity index (χ0n) is 12.3. The molecule has 1 rings (SSSR count). The minimum absolute atomic E-state index is 0.390. The molecule has 0 heterocycles. The molecule has 0 aromatic heterocycles. The summed E-state index contributed by atoms with van der Waals surface area (Å²) in [6.07, 6.45) is -13.1. The maximum absolute atomic E-state index is 13.1. The molecule has 0 amide bonds. The molecule has 0 aliphatic rings. The third-order valence-corrected chi connectivity index (χ3v) is 2.86. The maximum atomic E-state index is 13.1. The summed E-state index contributed by atoms with van der Waals surface area (Å²) in [5.74, 6) is -15.8. The second-order valence-corrected chi connectivity index (χ2v) is 4.66. The van der Waals surface area contributed by atoms with E-state index in [2.05, 4.69) is 9.47 Å². The van der Waals surface area contributed by atoms with Crippen molar-refractivity contribution < 1.29 is 58.9 Å². The smallest absolute Gasteiger partial charge is 0.460 e. The van der Waals surface area contributed by atoms with Crippen LogP contribution in [0.4, 0.5) is 39.5 Å². The van der Waals surface area contributed by atoms with Gasteiger partial charge in [-0.15, -0.1) is 0 Å². The normalized spacial score (nSPS) is 13.6. The molecular weight excluding hydrogens is 391 g/mol. The van der Waals surface area contributed by atoms with Gasteiger partial charge in [0.05, 0.1) is 6.61 Å². The summed E-state index contributed by atoms with van der Waals surface area (Å²) >= 11 is 0. The number of benzene rings is 1. The molecular formula is C13H9F9O4. The van der Waals surface area contributed by atoms with Gasteiger partial charge in [-0.3, -0.25) is 0 Å². The summed E-state index contributed by atoms with van der Waals surface area (Å²) in [6.45, 7) is -2.57. The number of hydrogen-bond acceptors (Lipinski definition) is 3. The van der Waals surface area contributed by atoms with Gasteiger partial charge in [0.25, 0.3) is 0 Å². The van der Waals surface area contributed by atoms with Crippen LogP contribution in [-0.4, -0.2) is 48.4 Å². The highest BCUT2D eigenvalue weighted by molar-refractivity contribution is 5.90. The van der Waals surface area contributed by atoms with E-state index in [1.807, 2.05) is 0 Å². The van der Waals surface area contributed by atoms with Gasteiger partial charge in [0.15, 0.2) is 0 Å². The third kappa shape index (κ3) is 4.14. The van der Waals surface area contributed by atoms with Gasteiger partial charge in [-0.25, -0.2) is 4.79 Å². The lowest BCUT2D eigenvalue weighted by molar-refractivity contribution is -0.444. The second-order valence-electron chi connectivity index (χ2n) is 4.66. The van der Waals surface area contributed by atoms with E-state index < -0.39 is 48.9 Å². The van der Waals surface area contributed by atoms with Gasteiger partial charge in [0.2, 0.25) is 0 Å². The number of ether oxygens (including phenoxy) is 2. The molecule has 0 saturated heterocycles. The van der Waals surface area contributed by atoms with Crippen LogP contribution in [-0.2, 0) is 4.74 Å². The van der Waals surface area contributed by atoms with Crippen molar-refractivity contribution >= 4 is 5.97 Å². The van der Waals surface area contributed by atoms with E-state index in [1.54, 1.807) is 0 Å². The second kappa shape index (κ2) is 7.21. The van der Waals surface area contributed by atoms with Crippen LogP contribution in [0.3, 0.4) is 0 Å². The van der Waals surface area contributed by atoms with Crippen LogP contribution in [0.2, 0.25) is 0 Å². The van der Waals surface area contributed by atoms with Crippen molar-refractivity contribution in [3.05, 3.63) is 29.8 Å². The summed E-state index contributed by atoms with van der Waals surface area (Å²) in [4.78, 5) is 10.8. The Labute approximate surface area is 139 Å². The summed E-state index contributed by atoms with van der Waals surface area (Å²) in [7, 11) is 0. The van der Waals surface area contributed by atoms with Crippen LogP contribution in [0.15, 0.2) is 24.3 Å². The van der Waals surface area contributed by atoms with E-state index in [9.17, 15) is 44.3 Å². The predicted octanol–water partition coefficient (Wildman–Crippen LogP) is 4.21. The Balaban J connectivity index is 2.76. The Morgan fingerprint density at radius 1 is 0.885 bits per heavy atom. The van der Waals surface area contributed by atoms with Crippen molar-refractivity contribution in [1.29, 1.82) is 0 Å². The molecule has 4 nitrogen and oxygen atoms in total. The lowest BCUT2D eigenvalue weighted by Crippen LogP contribution is -2.61.